The lowest BCUT2D eigenvalue weighted by atomic mass is 10.1. The molecule has 0 aromatic carbocycles. The molecular weight excluding hydrogens is 152 g/mol. The van der Waals surface area contributed by atoms with Crippen molar-refractivity contribution in [3.8, 4) is 0 Å². The molecular formula is C6H12O3S. The Bertz CT molecular complexity index is 219. The van der Waals surface area contributed by atoms with Gasteiger partial charge in [0, 0.05) is 0 Å². The molecule has 1 atom stereocenters. The van der Waals surface area contributed by atoms with E-state index >= 15 is 0 Å². The number of hydrogen-bond donors (Lipinski definition) is 1. The minimum absolute atomic E-state index is 0.240. The van der Waals surface area contributed by atoms with Crippen molar-refractivity contribution in [2.75, 3.05) is 12.4 Å². The van der Waals surface area contributed by atoms with E-state index in [-0.39, 0.29) is 12.4 Å². The van der Waals surface area contributed by atoms with E-state index in [0.29, 0.717) is 12.8 Å². The zero-order valence-electron chi connectivity index (χ0n) is 6.00. The lowest BCUT2D eigenvalue weighted by Gasteiger charge is -2.18. The van der Waals surface area contributed by atoms with Gasteiger partial charge in [-0.25, -0.2) is 8.42 Å². The Hall–Kier alpha value is -0.0900. The third kappa shape index (κ3) is 0.953. The first-order valence-corrected chi connectivity index (χ1v) is 5.00. The van der Waals surface area contributed by atoms with E-state index < -0.39 is 14.6 Å². The molecule has 60 valence electrons. The third-order valence-electron chi connectivity index (χ3n) is 2.20. The smallest absolute Gasteiger partial charge is 0.157 e. The molecule has 1 aliphatic rings. The Morgan fingerprint density at radius 1 is 1.60 bits per heavy atom. The van der Waals surface area contributed by atoms with Crippen LogP contribution in [-0.4, -0.2) is 30.6 Å². The predicted octanol–water partition coefficient (Wildman–Crippen LogP) is -0.0540. The molecule has 0 bridgehead atoms. The van der Waals surface area contributed by atoms with Gasteiger partial charge in [-0.1, -0.05) is 0 Å². The maximum atomic E-state index is 11.2. The van der Waals surface area contributed by atoms with Crippen LogP contribution in [-0.2, 0) is 9.84 Å². The Balaban J connectivity index is 2.98. The molecule has 0 saturated carbocycles. The molecule has 0 aromatic heterocycles. The molecule has 1 N–H and O–H groups in total. The number of rotatable bonds is 1. The molecule has 1 rings (SSSR count). The maximum absolute atomic E-state index is 11.2. The summed E-state index contributed by atoms with van der Waals surface area (Å²) in [6, 6.07) is 0. The number of aliphatic hydroxyl groups excluding tert-OH is 1. The highest BCUT2D eigenvalue weighted by molar-refractivity contribution is 7.93. The monoisotopic (exact) mass is 164 g/mol. The lowest BCUT2D eigenvalue weighted by molar-refractivity contribution is 0.248. The molecule has 3 nitrogen and oxygen atoms in total. The summed E-state index contributed by atoms with van der Waals surface area (Å²) in [5.41, 5.74) is 0. The fourth-order valence-corrected chi connectivity index (χ4v) is 2.88. The van der Waals surface area contributed by atoms with Gasteiger partial charge in [0.2, 0.25) is 0 Å². The molecule has 0 amide bonds. The molecule has 0 spiro atoms. The van der Waals surface area contributed by atoms with Crippen LogP contribution >= 0.6 is 0 Å². The van der Waals surface area contributed by atoms with E-state index in [2.05, 4.69) is 0 Å². The molecule has 0 aliphatic carbocycles. The lowest BCUT2D eigenvalue weighted by Crippen LogP contribution is -2.34. The second-order valence-corrected chi connectivity index (χ2v) is 5.65. The van der Waals surface area contributed by atoms with E-state index in [1.54, 1.807) is 6.92 Å². The summed E-state index contributed by atoms with van der Waals surface area (Å²) in [5, 5.41) is 8.78. The highest BCUT2D eigenvalue weighted by Crippen LogP contribution is 2.30. The Kier molecular flexibility index (Phi) is 1.76. The Morgan fingerprint density at radius 3 is 2.40 bits per heavy atom. The van der Waals surface area contributed by atoms with Gasteiger partial charge in [0.1, 0.15) is 0 Å². The number of hydrogen-bond acceptors (Lipinski definition) is 3. The molecule has 1 aliphatic heterocycles. The normalized spacial score (nSPS) is 38.2. The summed E-state index contributed by atoms with van der Waals surface area (Å²) in [7, 11) is -2.99. The SMILES string of the molecule is CC1(CO)CCCS1(=O)=O. The summed E-state index contributed by atoms with van der Waals surface area (Å²) in [5.74, 6) is 0.240. The van der Waals surface area contributed by atoms with Gasteiger partial charge in [-0.2, -0.15) is 0 Å². The Labute approximate surface area is 61.0 Å². The van der Waals surface area contributed by atoms with Crippen molar-refractivity contribution < 1.29 is 13.5 Å². The van der Waals surface area contributed by atoms with Crippen LogP contribution in [0.2, 0.25) is 0 Å². The van der Waals surface area contributed by atoms with Crippen molar-refractivity contribution in [2.45, 2.75) is 24.5 Å². The second-order valence-electron chi connectivity index (χ2n) is 3.03. The molecule has 10 heavy (non-hydrogen) atoms. The molecule has 0 aromatic rings. The summed E-state index contributed by atoms with van der Waals surface area (Å²) >= 11 is 0. The van der Waals surface area contributed by atoms with Crippen molar-refractivity contribution in [3.63, 3.8) is 0 Å². The standard InChI is InChI=1S/C6H12O3S/c1-6(5-7)3-2-4-10(6,8)9/h7H,2-5H2,1H3. The van der Waals surface area contributed by atoms with Crippen molar-refractivity contribution >= 4 is 9.84 Å². The van der Waals surface area contributed by atoms with Crippen LogP contribution in [0.1, 0.15) is 19.8 Å². The fourth-order valence-electron chi connectivity index (χ4n) is 1.22. The maximum Gasteiger partial charge on any atom is 0.157 e. The summed E-state index contributed by atoms with van der Waals surface area (Å²) in [6.07, 6.45) is 1.30. The van der Waals surface area contributed by atoms with Gasteiger partial charge in [0.15, 0.2) is 9.84 Å². The van der Waals surface area contributed by atoms with Gasteiger partial charge >= 0.3 is 0 Å². The van der Waals surface area contributed by atoms with Gasteiger partial charge in [-0.3, -0.25) is 0 Å². The first-order chi connectivity index (χ1) is 4.52. The average molecular weight is 164 g/mol. The molecule has 4 heteroatoms. The molecule has 1 saturated heterocycles. The van der Waals surface area contributed by atoms with Gasteiger partial charge in [-0.15, -0.1) is 0 Å². The third-order valence-corrected chi connectivity index (χ3v) is 4.86. The van der Waals surface area contributed by atoms with Crippen LogP contribution in [0.3, 0.4) is 0 Å². The van der Waals surface area contributed by atoms with Crippen LogP contribution in [0.5, 0.6) is 0 Å². The van der Waals surface area contributed by atoms with Crippen LogP contribution in [0.25, 0.3) is 0 Å². The van der Waals surface area contributed by atoms with Crippen molar-refractivity contribution in [1.82, 2.24) is 0 Å². The van der Waals surface area contributed by atoms with E-state index in [1.165, 1.54) is 0 Å². The topological polar surface area (TPSA) is 54.4 Å². The summed E-state index contributed by atoms with van der Waals surface area (Å²) < 4.78 is 21.5. The zero-order valence-corrected chi connectivity index (χ0v) is 6.82. The molecule has 0 radical (unpaired) electrons. The average Bonchev–Trinajstić information content (AvgIpc) is 2.10. The van der Waals surface area contributed by atoms with E-state index in [9.17, 15) is 8.42 Å². The quantitative estimate of drug-likeness (QED) is 0.591. The van der Waals surface area contributed by atoms with E-state index in [0.717, 1.165) is 0 Å². The highest BCUT2D eigenvalue weighted by Gasteiger charge is 2.42. The van der Waals surface area contributed by atoms with Gasteiger partial charge in [0.05, 0.1) is 17.1 Å². The van der Waals surface area contributed by atoms with E-state index in [4.69, 9.17) is 5.11 Å². The minimum atomic E-state index is -2.99. The fraction of sp³-hybridized carbons (Fsp3) is 1.00. The zero-order chi connectivity index (χ0) is 7.83. The summed E-state index contributed by atoms with van der Waals surface area (Å²) in [4.78, 5) is 0. The van der Waals surface area contributed by atoms with Crippen molar-refractivity contribution in [3.05, 3.63) is 0 Å². The van der Waals surface area contributed by atoms with Crippen molar-refractivity contribution in [1.29, 1.82) is 0 Å². The van der Waals surface area contributed by atoms with Crippen LogP contribution in [0.15, 0.2) is 0 Å². The number of sulfone groups is 1. The van der Waals surface area contributed by atoms with Gasteiger partial charge < -0.3 is 5.11 Å². The highest BCUT2D eigenvalue weighted by atomic mass is 32.2. The predicted molar refractivity (Wildman–Crippen MR) is 38.5 cm³/mol. The first-order valence-electron chi connectivity index (χ1n) is 3.35. The molecule has 1 unspecified atom stereocenters. The van der Waals surface area contributed by atoms with Crippen molar-refractivity contribution in [2.24, 2.45) is 0 Å². The molecule has 1 heterocycles. The number of aliphatic hydroxyl groups is 1. The largest absolute Gasteiger partial charge is 0.395 e. The van der Waals surface area contributed by atoms with Gasteiger partial charge in [0.25, 0.3) is 0 Å². The van der Waals surface area contributed by atoms with Crippen LogP contribution < -0.4 is 0 Å². The second kappa shape index (κ2) is 2.20. The first kappa shape index (κ1) is 8.01. The van der Waals surface area contributed by atoms with Crippen LogP contribution in [0, 0.1) is 0 Å². The van der Waals surface area contributed by atoms with Crippen LogP contribution in [0.4, 0.5) is 0 Å². The van der Waals surface area contributed by atoms with E-state index in [1.807, 2.05) is 0 Å². The van der Waals surface area contributed by atoms with Gasteiger partial charge in [-0.05, 0) is 19.8 Å². The summed E-state index contributed by atoms with van der Waals surface area (Å²) in [6.45, 7) is 1.37. The molecule has 1 fully saturated rings. The Morgan fingerprint density at radius 2 is 2.20 bits per heavy atom. The minimum Gasteiger partial charge on any atom is -0.395 e.